The topological polar surface area (TPSA) is 84.6 Å². The molecular weight excluding hydrogens is 471 g/mol. The number of nitrogens with two attached hydrogens (primary N) is 1. The van der Waals surface area contributed by atoms with E-state index >= 15 is 0 Å². The lowest BCUT2D eigenvalue weighted by Crippen LogP contribution is -2.45. The number of halogens is 5. The van der Waals surface area contributed by atoms with Gasteiger partial charge in [-0.1, -0.05) is 39.0 Å². The number of alkyl halides is 3. The van der Waals surface area contributed by atoms with Crippen LogP contribution in [0.25, 0.3) is 0 Å². The van der Waals surface area contributed by atoms with E-state index in [1.807, 2.05) is 0 Å². The first-order chi connectivity index (χ1) is 16.1. The lowest BCUT2D eigenvalue weighted by molar-refractivity contribution is -0.139. The molecule has 1 fully saturated rings. The molecule has 3 rings (SSSR count). The molecule has 1 amide bonds. The maximum Gasteiger partial charge on any atom is 0.417 e. The maximum absolute atomic E-state index is 14.2. The van der Waals surface area contributed by atoms with Gasteiger partial charge in [0.25, 0.3) is 0 Å². The summed E-state index contributed by atoms with van der Waals surface area (Å²) in [6, 6.07) is 7.20. The lowest BCUT2D eigenvalue weighted by Gasteiger charge is -2.31. The summed E-state index contributed by atoms with van der Waals surface area (Å²) >= 11 is 0. The van der Waals surface area contributed by atoms with E-state index in [1.165, 1.54) is 12.1 Å². The molecule has 5 nitrogen and oxygen atoms in total. The number of benzene rings is 2. The number of aliphatic hydroxyl groups excluding tert-OH is 1. The monoisotopic (exact) mass is 500 g/mol. The van der Waals surface area contributed by atoms with Gasteiger partial charge < -0.3 is 20.9 Å². The fraction of sp³-hybridized carbons (Fsp3) is 0.480. The molecule has 0 aliphatic heterocycles. The molecule has 0 radical (unpaired) electrons. The zero-order valence-corrected chi connectivity index (χ0v) is 19.7. The molecule has 2 atom stereocenters. The Bertz CT molecular complexity index is 1060. The summed E-state index contributed by atoms with van der Waals surface area (Å²) < 4.78 is 74.6. The molecule has 192 valence electrons. The van der Waals surface area contributed by atoms with E-state index in [1.54, 1.807) is 26.8 Å². The van der Waals surface area contributed by atoms with Crippen LogP contribution in [-0.2, 0) is 28.3 Å². The van der Waals surface area contributed by atoms with Crippen LogP contribution in [0.15, 0.2) is 36.4 Å². The minimum absolute atomic E-state index is 0.0872. The van der Waals surface area contributed by atoms with Gasteiger partial charge in [-0.15, -0.1) is 0 Å². The summed E-state index contributed by atoms with van der Waals surface area (Å²) in [7, 11) is 0. The van der Waals surface area contributed by atoms with Crippen molar-refractivity contribution in [1.82, 2.24) is 5.32 Å². The van der Waals surface area contributed by atoms with E-state index in [0.717, 1.165) is 12.1 Å². The number of hydrogen-bond donors (Lipinski definition) is 3. The molecule has 2 aromatic carbocycles. The molecule has 1 aliphatic rings. The Balaban J connectivity index is 1.84. The summed E-state index contributed by atoms with van der Waals surface area (Å²) in [4.78, 5) is 11.4. The van der Waals surface area contributed by atoms with Gasteiger partial charge in [-0.2, -0.15) is 13.2 Å². The summed E-state index contributed by atoms with van der Waals surface area (Å²) in [5, 5.41) is 13.7. The van der Waals surface area contributed by atoms with Crippen molar-refractivity contribution in [3.63, 3.8) is 0 Å². The first-order valence-corrected chi connectivity index (χ1v) is 11.2. The van der Waals surface area contributed by atoms with Crippen molar-refractivity contribution in [3.05, 3.63) is 70.3 Å². The highest BCUT2D eigenvalue weighted by molar-refractivity contribution is 5.64. The lowest BCUT2D eigenvalue weighted by atomic mass is 9.80. The second-order valence-electron chi connectivity index (χ2n) is 9.96. The fourth-order valence-electron chi connectivity index (χ4n) is 4.35. The van der Waals surface area contributed by atoms with Gasteiger partial charge in [0.2, 0.25) is 0 Å². The second-order valence-corrected chi connectivity index (χ2v) is 9.96. The van der Waals surface area contributed by atoms with Gasteiger partial charge in [-0.25, -0.2) is 13.6 Å². The number of ether oxygens (including phenoxy) is 1. The number of carbonyl (C=O) groups excluding carboxylic acids is 1. The largest absolute Gasteiger partial charge is 0.443 e. The number of amides is 1. The predicted octanol–water partition coefficient (Wildman–Crippen LogP) is 4.93. The van der Waals surface area contributed by atoms with Crippen LogP contribution in [0.3, 0.4) is 0 Å². The number of aliphatic hydroxyl groups is 1. The Morgan fingerprint density at radius 2 is 1.74 bits per heavy atom. The number of carbonyl (C=O) groups is 1. The molecule has 2 aromatic rings. The molecule has 0 spiro atoms. The van der Waals surface area contributed by atoms with Crippen molar-refractivity contribution < 1.29 is 36.6 Å². The second kappa shape index (κ2) is 9.73. The van der Waals surface area contributed by atoms with Gasteiger partial charge in [0.1, 0.15) is 23.8 Å². The van der Waals surface area contributed by atoms with E-state index in [2.05, 4.69) is 5.32 Å². The first kappa shape index (κ1) is 26.9. The SMILES string of the molecule is CC(C)(C)c1cccc(C2(NC[C@@H](O)[C@H](Cc3cc(F)cc(F)c3)OC(N)=O)CC2)c1C(F)(F)F. The molecule has 10 heteroatoms. The van der Waals surface area contributed by atoms with Crippen LogP contribution >= 0.6 is 0 Å². The van der Waals surface area contributed by atoms with Crippen molar-refractivity contribution in [2.24, 2.45) is 5.73 Å². The van der Waals surface area contributed by atoms with Crippen LogP contribution in [0.5, 0.6) is 0 Å². The van der Waals surface area contributed by atoms with Crippen molar-refractivity contribution in [3.8, 4) is 0 Å². The summed E-state index contributed by atoms with van der Waals surface area (Å²) in [6.07, 6.45) is -7.91. The summed E-state index contributed by atoms with van der Waals surface area (Å²) in [6.45, 7) is 4.88. The van der Waals surface area contributed by atoms with E-state index in [0.29, 0.717) is 18.9 Å². The molecule has 0 aromatic heterocycles. The van der Waals surface area contributed by atoms with Crippen LogP contribution in [0.2, 0.25) is 0 Å². The maximum atomic E-state index is 14.2. The number of nitrogens with one attached hydrogen (secondary N) is 1. The van der Waals surface area contributed by atoms with Gasteiger partial charge >= 0.3 is 12.3 Å². The average Bonchev–Trinajstić information content (AvgIpc) is 3.50. The summed E-state index contributed by atoms with van der Waals surface area (Å²) in [5.74, 6) is -1.69. The van der Waals surface area contributed by atoms with Crippen LogP contribution in [0, 0.1) is 11.6 Å². The molecule has 35 heavy (non-hydrogen) atoms. The third-order valence-electron chi connectivity index (χ3n) is 6.13. The van der Waals surface area contributed by atoms with Gasteiger partial charge in [0.15, 0.2) is 0 Å². The number of primary amides is 1. The van der Waals surface area contributed by atoms with Crippen LogP contribution in [0.4, 0.5) is 26.7 Å². The van der Waals surface area contributed by atoms with Crippen molar-refractivity contribution >= 4 is 6.09 Å². The Hall–Kier alpha value is -2.72. The average molecular weight is 501 g/mol. The smallest absolute Gasteiger partial charge is 0.417 e. The van der Waals surface area contributed by atoms with Crippen LogP contribution in [-0.4, -0.2) is 30.0 Å². The standard InChI is InChI=1S/C25H29F5N2O3/c1-23(2,3)17-5-4-6-18(21(17)25(28,29)30)24(7-8-24)32-13-19(33)20(35-22(31)34)11-14-9-15(26)12-16(27)10-14/h4-6,9-10,12,19-20,32-33H,7-8,11,13H2,1-3H3,(H2,31,34)/t19-,20+/m1/s1. The third kappa shape index (κ3) is 6.49. The van der Waals surface area contributed by atoms with E-state index in [-0.39, 0.29) is 29.7 Å². The molecule has 4 N–H and O–H groups in total. The molecule has 0 saturated heterocycles. The van der Waals surface area contributed by atoms with Gasteiger partial charge in [0, 0.05) is 24.6 Å². The van der Waals surface area contributed by atoms with Crippen molar-refractivity contribution in [2.45, 2.75) is 69.4 Å². The zero-order valence-electron chi connectivity index (χ0n) is 19.7. The zero-order chi connectivity index (χ0) is 26.2. The quantitative estimate of drug-likeness (QED) is 0.449. The van der Waals surface area contributed by atoms with E-state index < -0.39 is 52.6 Å². The fourth-order valence-corrected chi connectivity index (χ4v) is 4.35. The Labute approximate surface area is 200 Å². The molecule has 0 bridgehead atoms. The molecule has 1 saturated carbocycles. The Morgan fingerprint density at radius 3 is 2.23 bits per heavy atom. The highest BCUT2D eigenvalue weighted by atomic mass is 19.4. The van der Waals surface area contributed by atoms with Gasteiger partial charge in [0.05, 0.1) is 5.56 Å². The van der Waals surface area contributed by atoms with E-state index in [9.17, 15) is 31.9 Å². The van der Waals surface area contributed by atoms with Gasteiger partial charge in [-0.3, -0.25) is 0 Å². The first-order valence-electron chi connectivity index (χ1n) is 11.2. The minimum Gasteiger partial charge on any atom is -0.443 e. The normalized spacial score (nSPS) is 17.1. The number of rotatable bonds is 8. The highest BCUT2D eigenvalue weighted by Crippen LogP contribution is 2.51. The van der Waals surface area contributed by atoms with E-state index in [4.69, 9.17) is 10.5 Å². The van der Waals surface area contributed by atoms with Crippen LogP contribution < -0.4 is 11.1 Å². The Morgan fingerprint density at radius 1 is 1.14 bits per heavy atom. The highest BCUT2D eigenvalue weighted by Gasteiger charge is 2.51. The summed E-state index contributed by atoms with van der Waals surface area (Å²) in [5.41, 5.74) is 2.99. The predicted molar refractivity (Wildman–Crippen MR) is 120 cm³/mol. The number of hydrogen-bond acceptors (Lipinski definition) is 4. The Kier molecular flexibility index (Phi) is 7.48. The van der Waals surface area contributed by atoms with Crippen molar-refractivity contribution in [2.75, 3.05) is 6.54 Å². The molecule has 0 heterocycles. The molecule has 1 aliphatic carbocycles. The third-order valence-corrected chi connectivity index (χ3v) is 6.13. The van der Waals surface area contributed by atoms with Crippen molar-refractivity contribution in [1.29, 1.82) is 0 Å². The molecular formula is C25H29F5N2O3. The van der Waals surface area contributed by atoms with Crippen LogP contribution in [0.1, 0.15) is 55.9 Å². The van der Waals surface area contributed by atoms with Gasteiger partial charge in [-0.05, 0) is 47.1 Å². The molecule has 0 unspecified atom stereocenters. The minimum atomic E-state index is -4.59.